The van der Waals surface area contributed by atoms with Crippen LogP contribution in [0.4, 0.5) is 0 Å². The average Bonchev–Trinajstić information content (AvgIpc) is 2.04. The first-order valence-corrected chi connectivity index (χ1v) is 4.61. The van der Waals surface area contributed by atoms with Crippen LogP contribution in [0.1, 0.15) is 26.5 Å². The van der Waals surface area contributed by atoms with Crippen molar-refractivity contribution in [2.24, 2.45) is 0 Å². The maximum Gasteiger partial charge on any atom is 0.0544 e. The zero-order valence-corrected chi connectivity index (χ0v) is 8.91. The van der Waals surface area contributed by atoms with Crippen molar-refractivity contribution in [3.8, 4) is 0 Å². The molecule has 1 aromatic rings. The predicted molar refractivity (Wildman–Crippen MR) is 55.5 cm³/mol. The summed E-state index contributed by atoms with van der Waals surface area (Å²) in [5, 5.41) is 0. The van der Waals surface area contributed by atoms with Crippen molar-refractivity contribution in [2.75, 3.05) is 7.05 Å². The Kier molecular flexibility index (Phi) is 3.04. The third-order valence-electron chi connectivity index (χ3n) is 2.27. The Balaban J connectivity index is 2.61. The fraction of sp³-hybridized carbons (Fsp3) is 0.545. The molecule has 1 aromatic heterocycles. The summed E-state index contributed by atoms with van der Waals surface area (Å²) in [5.41, 5.74) is 1.33. The van der Waals surface area contributed by atoms with Crippen LogP contribution in [0.3, 0.4) is 0 Å². The molecule has 0 bridgehead atoms. The molecule has 1 rings (SSSR count). The fourth-order valence-electron chi connectivity index (χ4n) is 0.972. The minimum atomic E-state index is 0.206. The summed E-state index contributed by atoms with van der Waals surface area (Å²) >= 11 is 0. The van der Waals surface area contributed by atoms with Gasteiger partial charge in [-0.3, -0.25) is 9.88 Å². The minimum Gasteiger partial charge on any atom is -0.296 e. The summed E-state index contributed by atoms with van der Waals surface area (Å²) in [6, 6.07) is 6.03. The lowest BCUT2D eigenvalue weighted by Gasteiger charge is -2.31. The van der Waals surface area contributed by atoms with Crippen LogP contribution in [0.25, 0.3) is 0 Å². The molecule has 0 aliphatic rings. The molecule has 0 aliphatic carbocycles. The van der Waals surface area contributed by atoms with Gasteiger partial charge in [-0.2, -0.15) is 0 Å². The van der Waals surface area contributed by atoms with Crippen molar-refractivity contribution in [2.45, 2.75) is 32.9 Å². The summed E-state index contributed by atoms with van der Waals surface area (Å²) in [4.78, 5) is 6.58. The molecule has 0 saturated carbocycles. The summed E-state index contributed by atoms with van der Waals surface area (Å²) in [6.07, 6.45) is 1.84. The molecule has 0 saturated heterocycles. The molecule has 0 fully saturated rings. The van der Waals surface area contributed by atoms with Gasteiger partial charge in [0.2, 0.25) is 0 Å². The molecule has 13 heavy (non-hydrogen) atoms. The molecule has 0 aliphatic heterocycles. The van der Waals surface area contributed by atoms with Gasteiger partial charge < -0.3 is 0 Å². The Hall–Kier alpha value is -0.890. The van der Waals surface area contributed by atoms with E-state index in [0.717, 1.165) is 12.2 Å². The lowest BCUT2D eigenvalue weighted by atomic mass is 10.1. The van der Waals surface area contributed by atoms with Crippen LogP contribution in [0.15, 0.2) is 24.4 Å². The summed E-state index contributed by atoms with van der Waals surface area (Å²) < 4.78 is 0. The third kappa shape index (κ3) is 3.15. The fourth-order valence-corrected chi connectivity index (χ4v) is 0.972. The largest absolute Gasteiger partial charge is 0.296 e. The van der Waals surface area contributed by atoms with E-state index in [1.165, 1.54) is 0 Å². The SMILES string of the molecule is CN(Cc1ccccn1)C(C)(C)C. The monoisotopic (exact) mass is 178 g/mol. The van der Waals surface area contributed by atoms with Gasteiger partial charge >= 0.3 is 0 Å². The van der Waals surface area contributed by atoms with Crippen LogP contribution in [0.2, 0.25) is 0 Å². The van der Waals surface area contributed by atoms with Crippen molar-refractivity contribution in [3.63, 3.8) is 0 Å². The quantitative estimate of drug-likeness (QED) is 0.691. The van der Waals surface area contributed by atoms with Crippen LogP contribution in [-0.2, 0) is 6.54 Å². The van der Waals surface area contributed by atoms with E-state index >= 15 is 0 Å². The van der Waals surface area contributed by atoms with E-state index in [1.807, 2.05) is 18.3 Å². The molecule has 1 heterocycles. The first kappa shape index (κ1) is 10.2. The van der Waals surface area contributed by atoms with E-state index in [0.29, 0.717) is 0 Å². The highest BCUT2D eigenvalue weighted by molar-refractivity contribution is 5.03. The highest BCUT2D eigenvalue weighted by Gasteiger charge is 2.16. The second kappa shape index (κ2) is 3.88. The molecule has 2 nitrogen and oxygen atoms in total. The summed E-state index contributed by atoms with van der Waals surface area (Å²) in [7, 11) is 2.12. The van der Waals surface area contributed by atoms with E-state index < -0.39 is 0 Å². The molecule has 0 radical (unpaired) electrons. The van der Waals surface area contributed by atoms with E-state index in [4.69, 9.17) is 0 Å². The molecule has 72 valence electrons. The third-order valence-corrected chi connectivity index (χ3v) is 2.27. The van der Waals surface area contributed by atoms with Gasteiger partial charge in [0.05, 0.1) is 5.69 Å². The van der Waals surface area contributed by atoms with Gasteiger partial charge in [0.25, 0.3) is 0 Å². The van der Waals surface area contributed by atoms with Gasteiger partial charge in [-0.25, -0.2) is 0 Å². The standard InChI is InChI=1S/C11H18N2/c1-11(2,3)13(4)9-10-7-5-6-8-12-10/h5-8H,9H2,1-4H3. The van der Waals surface area contributed by atoms with Gasteiger partial charge in [0.15, 0.2) is 0 Å². The van der Waals surface area contributed by atoms with Gasteiger partial charge in [0.1, 0.15) is 0 Å². The molecule has 0 amide bonds. The Labute approximate surface area is 80.6 Å². The minimum absolute atomic E-state index is 0.206. The van der Waals surface area contributed by atoms with E-state index in [-0.39, 0.29) is 5.54 Å². The first-order chi connectivity index (χ1) is 6.00. The lowest BCUT2D eigenvalue weighted by Crippen LogP contribution is -2.37. The number of aromatic nitrogens is 1. The van der Waals surface area contributed by atoms with Gasteiger partial charge in [-0.15, -0.1) is 0 Å². The first-order valence-electron chi connectivity index (χ1n) is 4.61. The van der Waals surface area contributed by atoms with Crippen LogP contribution in [0.5, 0.6) is 0 Å². The van der Waals surface area contributed by atoms with Crippen molar-refractivity contribution in [3.05, 3.63) is 30.1 Å². The van der Waals surface area contributed by atoms with Crippen LogP contribution in [0, 0.1) is 0 Å². The second-order valence-corrected chi connectivity index (χ2v) is 4.35. The van der Waals surface area contributed by atoms with Crippen LogP contribution < -0.4 is 0 Å². The second-order valence-electron chi connectivity index (χ2n) is 4.35. The Morgan fingerprint density at radius 2 is 2.00 bits per heavy atom. The zero-order chi connectivity index (χ0) is 9.90. The molecule has 0 N–H and O–H groups in total. The van der Waals surface area contributed by atoms with Crippen molar-refractivity contribution < 1.29 is 0 Å². The summed E-state index contributed by atoms with van der Waals surface area (Å²) in [5.74, 6) is 0. The van der Waals surface area contributed by atoms with Gasteiger partial charge in [-0.05, 0) is 40.0 Å². The average molecular weight is 178 g/mol. The van der Waals surface area contributed by atoms with Crippen molar-refractivity contribution >= 4 is 0 Å². The van der Waals surface area contributed by atoms with E-state index in [2.05, 4.69) is 43.8 Å². The Morgan fingerprint density at radius 3 is 2.46 bits per heavy atom. The van der Waals surface area contributed by atoms with Crippen LogP contribution >= 0.6 is 0 Å². The topological polar surface area (TPSA) is 16.1 Å². The molecule has 0 spiro atoms. The molecular formula is C11H18N2. The molecule has 0 unspecified atom stereocenters. The zero-order valence-electron chi connectivity index (χ0n) is 8.91. The Morgan fingerprint density at radius 1 is 1.31 bits per heavy atom. The van der Waals surface area contributed by atoms with Crippen molar-refractivity contribution in [1.82, 2.24) is 9.88 Å². The predicted octanol–water partition coefficient (Wildman–Crippen LogP) is 2.31. The maximum atomic E-state index is 4.29. The molecule has 2 heteroatoms. The number of pyridine rings is 1. The highest BCUT2D eigenvalue weighted by atomic mass is 15.2. The lowest BCUT2D eigenvalue weighted by molar-refractivity contribution is 0.165. The van der Waals surface area contributed by atoms with Crippen LogP contribution in [-0.4, -0.2) is 22.5 Å². The number of rotatable bonds is 2. The normalized spacial score (nSPS) is 12.1. The number of hydrogen-bond acceptors (Lipinski definition) is 2. The molecular weight excluding hydrogens is 160 g/mol. The van der Waals surface area contributed by atoms with E-state index in [1.54, 1.807) is 0 Å². The van der Waals surface area contributed by atoms with E-state index in [9.17, 15) is 0 Å². The number of nitrogens with zero attached hydrogens (tertiary/aromatic N) is 2. The highest BCUT2D eigenvalue weighted by Crippen LogP contribution is 2.12. The van der Waals surface area contributed by atoms with Gasteiger partial charge in [0, 0.05) is 18.3 Å². The summed E-state index contributed by atoms with van der Waals surface area (Å²) in [6.45, 7) is 7.52. The molecule has 0 aromatic carbocycles. The number of hydrogen-bond donors (Lipinski definition) is 0. The van der Waals surface area contributed by atoms with Crippen molar-refractivity contribution in [1.29, 1.82) is 0 Å². The van der Waals surface area contributed by atoms with Gasteiger partial charge in [-0.1, -0.05) is 6.07 Å². The molecule has 0 atom stereocenters. The Bertz CT molecular complexity index is 249. The maximum absolute atomic E-state index is 4.29. The smallest absolute Gasteiger partial charge is 0.0544 e.